The van der Waals surface area contributed by atoms with Gasteiger partial charge in [0.05, 0.1) is 12.9 Å². The Kier molecular flexibility index (Phi) is 4.70. The van der Waals surface area contributed by atoms with Crippen molar-refractivity contribution in [3.63, 3.8) is 0 Å². The van der Waals surface area contributed by atoms with Crippen molar-refractivity contribution >= 4 is 0 Å². The highest BCUT2D eigenvalue weighted by Crippen LogP contribution is 2.34. The van der Waals surface area contributed by atoms with Gasteiger partial charge in [-0.1, -0.05) is 6.08 Å². The summed E-state index contributed by atoms with van der Waals surface area (Å²) in [4.78, 5) is 0. The molecule has 0 aliphatic carbocycles. The van der Waals surface area contributed by atoms with Gasteiger partial charge in [0.1, 0.15) is 0 Å². The predicted octanol–water partition coefficient (Wildman–Crippen LogP) is 2.41. The average molecular weight is 210 g/mol. The lowest BCUT2D eigenvalue weighted by Gasteiger charge is -2.25. The maximum Gasteiger partial charge on any atom is 0.421 e. The van der Waals surface area contributed by atoms with E-state index in [4.69, 9.17) is 0 Å². The summed E-state index contributed by atoms with van der Waals surface area (Å²) in [5, 5.41) is 9.21. The first-order valence-electron chi connectivity index (χ1n) is 4.06. The third kappa shape index (κ3) is 3.41. The molecule has 14 heavy (non-hydrogen) atoms. The molecule has 0 radical (unpaired) electrons. The molecule has 2 nitrogen and oxygen atoms in total. The molecule has 0 aliphatic heterocycles. The lowest BCUT2D eigenvalue weighted by atomic mass is 9.99. The molecule has 0 aliphatic rings. The Balaban J connectivity index is 4.63. The summed E-state index contributed by atoms with van der Waals surface area (Å²) in [6, 6.07) is 0. The highest BCUT2D eigenvalue weighted by Gasteiger charge is 2.51. The van der Waals surface area contributed by atoms with Gasteiger partial charge in [-0.2, -0.15) is 13.2 Å². The van der Waals surface area contributed by atoms with Crippen molar-refractivity contribution in [2.75, 3.05) is 6.61 Å². The fraction of sp³-hybridized carbons (Fsp3) is 0.556. The first-order valence-corrected chi connectivity index (χ1v) is 4.06. The molecule has 5 heteroatoms. The molecule has 0 aromatic rings. The van der Waals surface area contributed by atoms with Crippen molar-refractivity contribution in [3.05, 3.63) is 25.0 Å². The van der Waals surface area contributed by atoms with Crippen molar-refractivity contribution in [3.8, 4) is 0 Å². The zero-order valence-electron chi connectivity index (χ0n) is 7.84. The standard InChI is InChI=1S/C9H13F3O2/c1-3-5-8(13,9(10,11)12)6-7-14-4-2/h3,6-7,13H,1,4-5H2,2H3/b7-6+. The molecule has 0 amide bonds. The molecule has 0 bridgehead atoms. The Morgan fingerprint density at radius 2 is 2.00 bits per heavy atom. The molecule has 0 rings (SSSR count). The van der Waals surface area contributed by atoms with Crippen molar-refractivity contribution in [2.45, 2.75) is 25.1 Å². The molecular formula is C9H13F3O2. The van der Waals surface area contributed by atoms with Crippen LogP contribution in [0.2, 0.25) is 0 Å². The summed E-state index contributed by atoms with van der Waals surface area (Å²) in [5.41, 5.74) is -2.88. The second kappa shape index (κ2) is 5.05. The molecule has 0 saturated heterocycles. The third-order valence-electron chi connectivity index (χ3n) is 1.55. The molecule has 0 fully saturated rings. The van der Waals surface area contributed by atoms with E-state index in [-0.39, 0.29) is 6.61 Å². The average Bonchev–Trinajstić information content (AvgIpc) is 2.03. The summed E-state index contributed by atoms with van der Waals surface area (Å²) in [5.74, 6) is 0. The number of aliphatic hydroxyl groups is 1. The van der Waals surface area contributed by atoms with E-state index in [1.54, 1.807) is 6.92 Å². The molecule has 0 aromatic heterocycles. The van der Waals surface area contributed by atoms with E-state index >= 15 is 0 Å². The fourth-order valence-electron chi connectivity index (χ4n) is 0.755. The second-order valence-corrected chi connectivity index (χ2v) is 2.67. The van der Waals surface area contributed by atoms with E-state index in [9.17, 15) is 18.3 Å². The Morgan fingerprint density at radius 3 is 2.36 bits per heavy atom. The molecule has 0 heterocycles. The Labute approximate surface area is 80.7 Å². The van der Waals surface area contributed by atoms with E-state index in [0.717, 1.165) is 12.3 Å². The third-order valence-corrected chi connectivity index (χ3v) is 1.55. The minimum Gasteiger partial charge on any atom is -0.502 e. The van der Waals surface area contributed by atoms with Crippen LogP contribution in [0.5, 0.6) is 0 Å². The van der Waals surface area contributed by atoms with Gasteiger partial charge in [-0.25, -0.2) is 0 Å². The van der Waals surface area contributed by atoms with Gasteiger partial charge in [-0.15, -0.1) is 6.58 Å². The number of rotatable bonds is 5. The minimum atomic E-state index is -4.73. The smallest absolute Gasteiger partial charge is 0.421 e. The lowest BCUT2D eigenvalue weighted by Crippen LogP contribution is -2.42. The van der Waals surface area contributed by atoms with Gasteiger partial charge in [0.15, 0.2) is 5.60 Å². The first kappa shape index (κ1) is 13.0. The number of halogens is 3. The highest BCUT2D eigenvalue weighted by atomic mass is 19.4. The highest BCUT2D eigenvalue weighted by molar-refractivity contribution is 5.06. The van der Waals surface area contributed by atoms with Crippen molar-refractivity contribution in [2.24, 2.45) is 0 Å². The number of alkyl halides is 3. The van der Waals surface area contributed by atoms with Crippen LogP contribution in [0.3, 0.4) is 0 Å². The van der Waals surface area contributed by atoms with Crippen LogP contribution in [0.15, 0.2) is 25.0 Å². The largest absolute Gasteiger partial charge is 0.502 e. The number of hydrogen-bond acceptors (Lipinski definition) is 2. The molecule has 82 valence electrons. The zero-order chi connectivity index (χ0) is 11.2. The van der Waals surface area contributed by atoms with Crippen LogP contribution in [0, 0.1) is 0 Å². The van der Waals surface area contributed by atoms with Gasteiger partial charge in [0.25, 0.3) is 0 Å². The van der Waals surface area contributed by atoms with Crippen LogP contribution in [0.1, 0.15) is 13.3 Å². The summed E-state index contributed by atoms with van der Waals surface area (Å²) in [6.45, 7) is 5.03. The van der Waals surface area contributed by atoms with Crippen LogP contribution in [-0.2, 0) is 4.74 Å². The normalized spacial score (nSPS) is 16.6. The van der Waals surface area contributed by atoms with Gasteiger partial charge in [-0.3, -0.25) is 0 Å². The molecular weight excluding hydrogens is 197 g/mol. The monoisotopic (exact) mass is 210 g/mol. The van der Waals surface area contributed by atoms with Crippen molar-refractivity contribution < 1.29 is 23.0 Å². The molecule has 1 unspecified atom stereocenters. The van der Waals surface area contributed by atoms with E-state index in [0.29, 0.717) is 6.08 Å². The quantitative estimate of drug-likeness (QED) is 0.557. The van der Waals surface area contributed by atoms with Crippen LogP contribution in [-0.4, -0.2) is 23.5 Å². The molecule has 0 saturated carbocycles. The molecule has 0 spiro atoms. The maximum atomic E-state index is 12.3. The van der Waals surface area contributed by atoms with E-state index in [2.05, 4.69) is 11.3 Å². The molecule has 1 atom stereocenters. The van der Waals surface area contributed by atoms with Gasteiger partial charge >= 0.3 is 6.18 Å². The topological polar surface area (TPSA) is 29.5 Å². The number of ether oxygens (including phenoxy) is 1. The Morgan fingerprint density at radius 1 is 1.43 bits per heavy atom. The number of hydrogen-bond donors (Lipinski definition) is 1. The Bertz CT molecular complexity index is 211. The SMILES string of the molecule is C=CCC(O)(/C=C/OCC)C(F)(F)F. The van der Waals surface area contributed by atoms with Crippen LogP contribution < -0.4 is 0 Å². The van der Waals surface area contributed by atoms with E-state index in [1.165, 1.54) is 0 Å². The van der Waals surface area contributed by atoms with Gasteiger partial charge in [-0.05, 0) is 13.0 Å². The van der Waals surface area contributed by atoms with E-state index < -0.39 is 18.2 Å². The fourth-order valence-corrected chi connectivity index (χ4v) is 0.755. The zero-order valence-corrected chi connectivity index (χ0v) is 7.84. The lowest BCUT2D eigenvalue weighted by molar-refractivity contribution is -0.238. The maximum absolute atomic E-state index is 12.3. The second-order valence-electron chi connectivity index (χ2n) is 2.67. The van der Waals surface area contributed by atoms with Gasteiger partial charge < -0.3 is 9.84 Å². The minimum absolute atomic E-state index is 0.249. The summed E-state index contributed by atoms with van der Waals surface area (Å²) in [6.07, 6.45) is -2.90. The summed E-state index contributed by atoms with van der Waals surface area (Å²) < 4.78 is 41.5. The first-order chi connectivity index (χ1) is 6.37. The summed E-state index contributed by atoms with van der Waals surface area (Å²) in [7, 11) is 0. The van der Waals surface area contributed by atoms with Crippen LogP contribution in [0.4, 0.5) is 13.2 Å². The predicted molar refractivity (Wildman–Crippen MR) is 46.6 cm³/mol. The molecule has 0 aromatic carbocycles. The summed E-state index contributed by atoms with van der Waals surface area (Å²) >= 11 is 0. The van der Waals surface area contributed by atoms with E-state index in [1.807, 2.05) is 0 Å². The Hall–Kier alpha value is -0.970. The van der Waals surface area contributed by atoms with Gasteiger partial charge in [0, 0.05) is 6.42 Å². The van der Waals surface area contributed by atoms with Crippen LogP contribution in [0.25, 0.3) is 0 Å². The van der Waals surface area contributed by atoms with Crippen molar-refractivity contribution in [1.29, 1.82) is 0 Å². The van der Waals surface area contributed by atoms with Crippen molar-refractivity contribution in [1.82, 2.24) is 0 Å². The van der Waals surface area contributed by atoms with Gasteiger partial charge in [0.2, 0.25) is 0 Å². The molecule has 1 N–H and O–H groups in total. The van der Waals surface area contributed by atoms with Crippen LogP contribution >= 0.6 is 0 Å².